The predicted molar refractivity (Wildman–Crippen MR) is 139 cm³/mol. The molecular weight excluding hydrogens is 478 g/mol. The summed E-state index contributed by atoms with van der Waals surface area (Å²) >= 11 is 0. The van der Waals surface area contributed by atoms with Gasteiger partial charge in [0.05, 0.1) is 18.9 Å². The van der Waals surface area contributed by atoms with Gasteiger partial charge >= 0.3 is 23.9 Å². The van der Waals surface area contributed by atoms with Crippen LogP contribution in [0.15, 0.2) is 18.2 Å². The molecule has 1 N–H and O–H groups in total. The van der Waals surface area contributed by atoms with Crippen LogP contribution in [0.2, 0.25) is 0 Å². The lowest BCUT2D eigenvalue weighted by Crippen LogP contribution is -2.43. The highest BCUT2D eigenvalue weighted by Crippen LogP contribution is 2.31. The van der Waals surface area contributed by atoms with Gasteiger partial charge in [0.2, 0.25) is 0 Å². The van der Waals surface area contributed by atoms with Gasteiger partial charge in [0, 0.05) is 13.0 Å². The highest BCUT2D eigenvalue weighted by atomic mass is 16.6. The van der Waals surface area contributed by atoms with Crippen molar-refractivity contribution < 1.29 is 38.1 Å². The predicted octanol–water partition coefficient (Wildman–Crippen LogP) is 4.10. The van der Waals surface area contributed by atoms with Crippen LogP contribution in [0.25, 0.3) is 0 Å². The molecule has 37 heavy (non-hydrogen) atoms. The van der Waals surface area contributed by atoms with Crippen LogP contribution >= 0.6 is 0 Å². The molecule has 0 saturated carbocycles. The van der Waals surface area contributed by atoms with E-state index >= 15 is 0 Å². The van der Waals surface area contributed by atoms with E-state index in [0.717, 1.165) is 0 Å². The van der Waals surface area contributed by atoms with E-state index in [2.05, 4.69) is 5.32 Å². The maximum absolute atomic E-state index is 12.7. The lowest BCUT2D eigenvalue weighted by atomic mass is 9.98. The third kappa shape index (κ3) is 10.5. The zero-order valence-corrected chi connectivity index (χ0v) is 23.6. The van der Waals surface area contributed by atoms with E-state index in [9.17, 15) is 19.2 Å². The third-order valence-electron chi connectivity index (χ3n) is 6.37. The summed E-state index contributed by atoms with van der Waals surface area (Å²) in [5, 5.41) is 3.07. The van der Waals surface area contributed by atoms with E-state index in [1.807, 2.05) is 27.7 Å². The van der Waals surface area contributed by atoms with Gasteiger partial charge in [-0.15, -0.1) is 0 Å². The molecule has 0 spiro atoms. The summed E-state index contributed by atoms with van der Waals surface area (Å²) in [5.41, 5.74) is 0.651. The molecule has 3 unspecified atom stereocenters. The van der Waals surface area contributed by atoms with Crippen LogP contribution in [0, 0.1) is 23.7 Å². The molecule has 0 aliphatic rings. The van der Waals surface area contributed by atoms with Gasteiger partial charge in [-0.05, 0) is 42.9 Å². The molecule has 1 rings (SSSR count). The van der Waals surface area contributed by atoms with E-state index < -0.39 is 30.1 Å². The third-order valence-corrected chi connectivity index (χ3v) is 6.37. The molecule has 4 atom stereocenters. The maximum atomic E-state index is 12.7. The van der Waals surface area contributed by atoms with Gasteiger partial charge in [0.1, 0.15) is 12.1 Å². The lowest BCUT2D eigenvalue weighted by molar-refractivity contribution is -0.148. The number of methoxy groups -OCH3 is 1. The first-order valence-electron chi connectivity index (χ1n) is 12.9. The Bertz CT molecular complexity index is 927. The van der Waals surface area contributed by atoms with Gasteiger partial charge in [-0.2, -0.15) is 0 Å². The molecule has 0 radical (unpaired) electrons. The first-order chi connectivity index (χ1) is 17.3. The van der Waals surface area contributed by atoms with Gasteiger partial charge in [-0.25, -0.2) is 0 Å². The van der Waals surface area contributed by atoms with Crippen molar-refractivity contribution >= 4 is 23.9 Å². The van der Waals surface area contributed by atoms with Gasteiger partial charge in [-0.3, -0.25) is 19.2 Å². The standard InChI is InChI=1S/C28H43NO8/c1-10-25(30)35-18(6)15-29-22(28(33)34-9)13-21-11-12-23(36-26(31)19(7)16(2)3)24(14-21)37-27(32)20(8)17(4)5/h11-12,14,16-20,22,29H,10,13,15H2,1-9H3/t18?,19?,20?,22-/m0/s1. The summed E-state index contributed by atoms with van der Waals surface area (Å²) in [5.74, 6) is -2.07. The van der Waals surface area contributed by atoms with Crippen LogP contribution in [0.1, 0.15) is 67.4 Å². The Morgan fingerprint density at radius 1 is 0.811 bits per heavy atom. The molecule has 1 aromatic carbocycles. The van der Waals surface area contributed by atoms with Crippen molar-refractivity contribution in [2.45, 2.75) is 80.4 Å². The molecule has 0 heterocycles. The first-order valence-corrected chi connectivity index (χ1v) is 12.9. The average molecular weight is 522 g/mol. The van der Waals surface area contributed by atoms with Crippen molar-refractivity contribution in [3.05, 3.63) is 23.8 Å². The summed E-state index contributed by atoms with van der Waals surface area (Å²) < 4.78 is 21.4. The van der Waals surface area contributed by atoms with Crippen molar-refractivity contribution in [2.75, 3.05) is 13.7 Å². The Morgan fingerprint density at radius 2 is 1.35 bits per heavy atom. The van der Waals surface area contributed by atoms with E-state index in [-0.39, 0.29) is 60.5 Å². The van der Waals surface area contributed by atoms with Crippen LogP contribution in [0.5, 0.6) is 11.5 Å². The molecule has 0 saturated heterocycles. The Balaban J connectivity index is 3.20. The van der Waals surface area contributed by atoms with E-state index in [1.54, 1.807) is 45.9 Å². The summed E-state index contributed by atoms with van der Waals surface area (Å²) in [6, 6.07) is 4.10. The molecule has 0 aliphatic heterocycles. The fourth-order valence-electron chi connectivity index (χ4n) is 3.06. The second-order valence-corrected chi connectivity index (χ2v) is 10.0. The Labute approximate surface area is 220 Å². The number of nitrogens with one attached hydrogen (secondary N) is 1. The van der Waals surface area contributed by atoms with Crippen LogP contribution < -0.4 is 14.8 Å². The van der Waals surface area contributed by atoms with Crippen molar-refractivity contribution in [2.24, 2.45) is 23.7 Å². The fourth-order valence-corrected chi connectivity index (χ4v) is 3.06. The van der Waals surface area contributed by atoms with Crippen molar-refractivity contribution in [3.63, 3.8) is 0 Å². The minimum absolute atomic E-state index is 0.0550. The summed E-state index contributed by atoms with van der Waals surface area (Å²) in [4.78, 5) is 49.3. The molecule has 1 aromatic rings. The number of benzene rings is 1. The number of ether oxygens (including phenoxy) is 4. The summed E-state index contributed by atoms with van der Waals surface area (Å²) in [7, 11) is 1.29. The SMILES string of the molecule is CCC(=O)OC(C)CN[C@@H](Cc1ccc(OC(=O)C(C)C(C)C)c(OC(=O)C(C)C(C)C)c1)C(=O)OC. The highest BCUT2D eigenvalue weighted by molar-refractivity contribution is 5.79. The molecule has 0 bridgehead atoms. The zero-order valence-electron chi connectivity index (χ0n) is 23.6. The maximum Gasteiger partial charge on any atom is 0.323 e. The number of carbonyl (C=O) groups is 4. The molecule has 0 aromatic heterocycles. The minimum atomic E-state index is -0.750. The zero-order chi connectivity index (χ0) is 28.3. The van der Waals surface area contributed by atoms with Gasteiger partial charge in [0.15, 0.2) is 11.5 Å². The topological polar surface area (TPSA) is 117 Å². The normalized spacial score (nSPS) is 14.5. The molecule has 0 amide bonds. The van der Waals surface area contributed by atoms with Crippen LogP contribution in [0.3, 0.4) is 0 Å². The largest absolute Gasteiger partial charge is 0.468 e. The number of rotatable bonds is 14. The van der Waals surface area contributed by atoms with Crippen molar-refractivity contribution in [1.29, 1.82) is 0 Å². The molecule has 208 valence electrons. The Morgan fingerprint density at radius 3 is 1.84 bits per heavy atom. The quantitative estimate of drug-likeness (QED) is 0.285. The van der Waals surface area contributed by atoms with Crippen LogP contribution in [0.4, 0.5) is 0 Å². The second-order valence-electron chi connectivity index (χ2n) is 10.0. The molecule has 0 aliphatic carbocycles. The van der Waals surface area contributed by atoms with Gasteiger partial charge < -0.3 is 24.3 Å². The fraction of sp³-hybridized carbons (Fsp3) is 0.643. The number of hydrogen-bond acceptors (Lipinski definition) is 9. The van der Waals surface area contributed by atoms with Gasteiger partial charge in [-0.1, -0.05) is 54.5 Å². The Kier molecular flexibility index (Phi) is 13.3. The lowest BCUT2D eigenvalue weighted by Gasteiger charge is -2.21. The van der Waals surface area contributed by atoms with E-state index in [4.69, 9.17) is 18.9 Å². The monoisotopic (exact) mass is 521 g/mol. The number of esters is 4. The first kappa shape index (κ1) is 32.1. The smallest absolute Gasteiger partial charge is 0.323 e. The molecule has 9 heteroatoms. The summed E-state index contributed by atoms with van der Waals surface area (Å²) in [6.45, 7) is 14.9. The summed E-state index contributed by atoms with van der Waals surface area (Å²) in [6.07, 6.45) is 0.00900. The second kappa shape index (κ2) is 15.3. The average Bonchev–Trinajstić information content (AvgIpc) is 2.85. The van der Waals surface area contributed by atoms with Gasteiger partial charge in [0.25, 0.3) is 0 Å². The van der Waals surface area contributed by atoms with Crippen molar-refractivity contribution in [1.82, 2.24) is 5.32 Å². The molecule has 0 fully saturated rings. The van der Waals surface area contributed by atoms with Crippen LogP contribution in [-0.4, -0.2) is 49.7 Å². The molecule has 9 nitrogen and oxygen atoms in total. The minimum Gasteiger partial charge on any atom is -0.468 e. The highest BCUT2D eigenvalue weighted by Gasteiger charge is 2.26. The van der Waals surface area contributed by atoms with E-state index in [1.165, 1.54) is 7.11 Å². The van der Waals surface area contributed by atoms with Crippen LogP contribution in [-0.2, 0) is 35.1 Å². The molecular formula is C28H43NO8. The number of carbonyl (C=O) groups excluding carboxylic acids is 4. The Hall–Kier alpha value is -2.94. The number of hydrogen-bond donors (Lipinski definition) is 1. The van der Waals surface area contributed by atoms with Crippen molar-refractivity contribution in [3.8, 4) is 11.5 Å². The van der Waals surface area contributed by atoms with E-state index in [0.29, 0.717) is 5.56 Å².